The topological polar surface area (TPSA) is 32.8 Å². The van der Waals surface area contributed by atoms with Gasteiger partial charge in [0.1, 0.15) is 18.2 Å². The first kappa shape index (κ1) is 18.5. The lowest BCUT2D eigenvalue weighted by molar-refractivity contribution is -0.139. The van der Waals surface area contributed by atoms with Gasteiger partial charge >= 0.3 is 5.97 Å². The maximum Gasteiger partial charge on any atom is 0.325 e. The molecule has 0 atom stereocenters. The quantitative estimate of drug-likeness (QED) is 0.346. The normalized spacial score (nSPS) is 14.3. The number of carbonyl (C=O) groups is 1. The Morgan fingerprint density at radius 1 is 1.12 bits per heavy atom. The van der Waals surface area contributed by atoms with E-state index < -0.39 is 29.2 Å². The van der Waals surface area contributed by atoms with Gasteiger partial charge in [-0.2, -0.15) is 0 Å². The molecule has 0 N–H and O–H groups in total. The second kappa shape index (κ2) is 7.55. The Bertz CT molecular complexity index is 850. The zero-order valence-electron chi connectivity index (χ0n) is 13.6. The lowest BCUT2D eigenvalue weighted by Gasteiger charge is -2.36. The minimum atomic E-state index is -1.27. The number of rotatable bonds is 4. The van der Waals surface area contributed by atoms with Crippen molar-refractivity contribution in [2.75, 3.05) is 25.2 Å². The molecule has 2 aromatic rings. The Labute approximate surface area is 151 Å². The zero-order valence-corrected chi connectivity index (χ0v) is 14.5. The van der Waals surface area contributed by atoms with Gasteiger partial charge in [-0.3, -0.25) is 4.79 Å². The molecule has 1 aliphatic rings. The highest BCUT2D eigenvalue weighted by Gasteiger charge is 2.26. The Morgan fingerprint density at radius 3 is 2.58 bits per heavy atom. The maximum atomic E-state index is 13.9. The number of nitrogens with zero attached hydrogens (tertiary/aromatic N) is 2. The molecule has 3 rings (SSSR count). The van der Waals surface area contributed by atoms with Crippen LogP contribution in [0.3, 0.4) is 0 Å². The number of halogens is 4. The van der Waals surface area contributed by atoms with E-state index in [2.05, 4.69) is 4.74 Å². The van der Waals surface area contributed by atoms with E-state index in [9.17, 15) is 22.4 Å². The van der Waals surface area contributed by atoms with Gasteiger partial charge in [-0.05, 0) is 36.2 Å². The van der Waals surface area contributed by atoms with Crippen molar-refractivity contribution in [2.24, 2.45) is 0 Å². The minimum absolute atomic E-state index is 0.0470. The monoisotopic (exact) mass is 386 g/mol. The second-order valence-corrected chi connectivity index (χ2v) is 6.76. The largest absolute Gasteiger partial charge is 0.468 e. The number of carbonyl (C=O) groups excluding carboxylic acids is 1. The number of benzene rings is 2. The fraction of sp³-hybridized carbons (Fsp3) is 0.235. The van der Waals surface area contributed by atoms with E-state index in [0.717, 1.165) is 18.0 Å². The van der Waals surface area contributed by atoms with Crippen LogP contribution in [0.2, 0.25) is 0 Å². The third-order valence-corrected chi connectivity index (χ3v) is 4.83. The van der Waals surface area contributed by atoms with Crippen LogP contribution in [0, 0.1) is 23.3 Å². The summed E-state index contributed by atoms with van der Waals surface area (Å²) in [7, 11) is 1.25. The first-order valence-electron chi connectivity index (χ1n) is 7.55. The Kier molecular flexibility index (Phi) is 5.38. The summed E-state index contributed by atoms with van der Waals surface area (Å²) in [6.07, 6.45) is 0. The minimum Gasteiger partial charge on any atom is -0.468 e. The molecule has 0 aliphatic carbocycles. The summed E-state index contributed by atoms with van der Waals surface area (Å²) in [5.41, 5.74) is 0.582. The van der Waals surface area contributed by atoms with Gasteiger partial charge in [0.25, 0.3) is 0 Å². The molecule has 9 heteroatoms. The molecule has 4 nitrogen and oxygen atoms in total. The summed E-state index contributed by atoms with van der Waals surface area (Å²) in [5.74, 6) is -4.26. The van der Waals surface area contributed by atoms with Crippen LogP contribution < -0.4 is 4.90 Å². The van der Waals surface area contributed by atoms with Gasteiger partial charge in [0.05, 0.1) is 19.5 Å². The van der Waals surface area contributed by atoms with E-state index in [-0.39, 0.29) is 25.3 Å². The van der Waals surface area contributed by atoms with Gasteiger partial charge in [-0.15, -0.1) is 0 Å². The van der Waals surface area contributed by atoms with E-state index >= 15 is 0 Å². The number of hydrogen-bond acceptors (Lipinski definition) is 5. The van der Waals surface area contributed by atoms with E-state index in [1.807, 2.05) is 0 Å². The lowest BCUT2D eigenvalue weighted by atomic mass is 10.2. The van der Waals surface area contributed by atoms with Gasteiger partial charge in [-0.1, -0.05) is 0 Å². The van der Waals surface area contributed by atoms with Gasteiger partial charge in [0.2, 0.25) is 0 Å². The molecular weight excluding hydrogens is 372 g/mol. The fourth-order valence-corrected chi connectivity index (χ4v) is 3.70. The number of esters is 1. The van der Waals surface area contributed by atoms with Crippen molar-refractivity contribution >= 4 is 23.6 Å². The SMILES string of the molecule is COC(=O)CN1CN(Cc2cc(F)c(F)cc2F)Sc2cc(F)ccc21. The molecule has 1 aliphatic heterocycles. The molecule has 1 heterocycles. The molecule has 0 unspecified atom stereocenters. The third-order valence-electron chi connectivity index (χ3n) is 3.80. The van der Waals surface area contributed by atoms with Crippen molar-refractivity contribution in [1.82, 2.24) is 4.31 Å². The summed E-state index contributed by atoms with van der Waals surface area (Å²) in [4.78, 5) is 13.8. The van der Waals surface area contributed by atoms with Crippen molar-refractivity contribution in [2.45, 2.75) is 11.4 Å². The predicted octanol–water partition coefficient (Wildman–Crippen LogP) is 3.70. The number of hydrogen-bond donors (Lipinski definition) is 0. The van der Waals surface area contributed by atoms with Gasteiger partial charge in [0.15, 0.2) is 11.6 Å². The molecule has 0 spiro atoms. The molecule has 26 heavy (non-hydrogen) atoms. The maximum absolute atomic E-state index is 13.9. The third kappa shape index (κ3) is 3.94. The van der Waals surface area contributed by atoms with Crippen LogP contribution >= 0.6 is 11.9 Å². The average molecular weight is 386 g/mol. The molecule has 0 saturated carbocycles. The Morgan fingerprint density at radius 2 is 1.85 bits per heavy atom. The van der Waals surface area contributed by atoms with E-state index in [1.54, 1.807) is 9.21 Å². The van der Waals surface area contributed by atoms with Crippen molar-refractivity contribution in [1.29, 1.82) is 0 Å². The zero-order chi connectivity index (χ0) is 18.8. The van der Waals surface area contributed by atoms with Crippen molar-refractivity contribution < 1.29 is 27.1 Å². The number of ether oxygens (including phenoxy) is 1. The summed E-state index contributed by atoms with van der Waals surface area (Å²) < 4.78 is 60.3. The van der Waals surface area contributed by atoms with Crippen LogP contribution in [-0.4, -0.2) is 30.6 Å². The van der Waals surface area contributed by atoms with E-state index in [1.165, 1.54) is 25.3 Å². The second-order valence-electron chi connectivity index (χ2n) is 5.62. The standard InChI is InChI=1S/C17H14F4N2O2S/c1-25-17(24)8-22-9-23(26-16-5-11(18)2-3-15(16)22)7-10-4-13(20)14(21)6-12(10)19/h2-6H,7-9H2,1H3. The first-order chi connectivity index (χ1) is 12.4. The molecule has 0 amide bonds. The molecule has 2 aromatic carbocycles. The smallest absolute Gasteiger partial charge is 0.325 e. The Hall–Kier alpha value is -2.26. The van der Waals surface area contributed by atoms with Crippen LogP contribution in [0.1, 0.15) is 5.56 Å². The van der Waals surface area contributed by atoms with Crippen molar-refractivity contribution in [3.05, 3.63) is 59.2 Å². The van der Waals surface area contributed by atoms with Crippen LogP contribution in [0.5, 0.6) is 0 Å². The molecule has 0 saturated heterocycles. The Balaban J connectivity index is 1.87. The van der Waals surface area contributed by atoms with Crippen LogP contribution in [-0.2, 0) is 16.1 Å². The lowest BCUT2D eigenvalue weighted by Crippen LogP contribution is -2.41. The summed E-state index contributed by atoms with van der Waals surface area (Å²) in [5, 5.41) is 0. The highest BCUT2D eigenvalue weighted by atomic mass is 32.2. The molecular formula is C17H14F4N2O2S. The van der Waals surface area contributed by atoms with Gasteiger partial charge < -0.3 is 9.64 Å². The first-order valence-corrected chi connectivity index (χ1v) is 8.32. The highest BCUT2D eigenvalue weighted by molar-refractivity contribution is 7.97. The van der Waals surface area contributed by atoms with Crippen molar-refractivity contribution in [3.63, 3.8) is 0 Å². The number of methoxy groups -OCH3 is 1. The molecule has 0 bridgehead atoms. The summed E-state index contributed by atoms with van der Waals surface area (Å²) in [6, 6.07) is 5.37. The fourth-order valence-electron chi connectivity index (χ4n) is 2.57. The summed E-state index contributed by atoms with van der Waals surface area (Å²) in [6.45, 7) is 0.0185. The number of fused-ring (bicyclic) bond motifs is 1. The molecule has 138 valence electrons. The van der Waals surface area contributed by atoms with Crippen LogP contribution in [0.4, 0.5) is 23.2 Å². The number of anilines is 1. The van der Waals surface area contributed by atoms with Gasteiger partial charge in [-0.25, -0.2) is 21.9 Å². The van der Waals surface area contributed by atoms with Gasteiger partial charge in [0, 0.05) is 23.1 Å². The molecule has 0 fully saturated rings. The average Bonchev–Trinajstić information content (AvgIpc) is 2.59. The molecule has 0 radical (unpaired) electrons. The van der Waals surface area contributed by atoms with E-state index in [0.29, 0.717) is 16.6 Å². The van der Waals surface area contributed by atoms with E-state index in [4.69, 9.17) is 0 Å². The summed E-state index contributed by atoms with van der Waals surface area (Å²) >= 11 is 1.14. The highest BCUT2D eigenvalue weighted by Crippen LogP contribution is 2.39. The predicted molar refractivity (Wildman–Crippen MR) is 88.3 cm³/mol. The molecule has 0 aromatic heterocycles. The van der Waals surface area contributed by atoms with Crippen LogP contribution in [0.15, 0.2) is 35.2 Å². The van der Waals surface area contributed by atoms with Crippen molar-refractivity contribution in [3.8, 4) is 0 Å². The van der Waals surface area contributed by atoms with Crippen LogP contribution in [0.25, 0.3) is 0 Å².